The summed E-state index contributed by atoms with van der Waals surface area (Å²) in [7, 11) is 0. The normalized spacial score (nSPS) is 20.4. The first kappa shape index (κ1) is 13.7. The van der Waals surface area contributed by atoms with Crippen molar-refractivity contribution in [2.75, 3.05) is 6.54 Å². The third kappa shape index (κ3) is 3.89. The van der Waals surface area contributed by atoms with Gasteiger partial charge in [0, 0.05) is 10.9 Å². The third-order valence-electron chi connectivity index (χ3n) is 3.25. The Hall–Kier alpha value is -0.740. The van der Waals surface area contributed by atoms with Crippen LogP contribution in [0.15, 0.2) is 22.7 Å². The number of carbonyl (C=O) groups excluding carboxylic acids is 1. The lowest BCUT2D eigenvalue weighted by Crippen LogP contribution is -2.36. The largest absolute Gasteiger partial charge is 0.307 e. The second kappa shape index (κ2) is 6.43. The molecule has 0 spiro atoms. The number of rotatable bonds is 3. The average Bonchev–Trinajstić information content (AvgIpc) is 2.55. The van der Waals surface area contributed by atoms with E-state index in [4.69, 9.17) is 0 Å². The highest BCUT2D eigenvalue weighted by molar-refractivity contribution is 9.10. The van der Waals surface area contributed by atoms with Crippen LogP contribution >= 0.6 is 15.9 Å². The molecule has 1 atom stereocenters. The van der Waals surface area contributed by atoms with Crippen molar-refractivity contribution in [2.24, 2.45) is 0 Å². The monoisotopic (exact) mass is 313 g/mol. The molecule has 98 valence electrons. The highest BCUT2D eigenvalue weighted by Gasteiger charge is 2.19. The smallest absolute Gasteiger partial charge is 0.154 e. The van der Waals surface area contributed by atoms with Gasteiger partial charge in [-0.2, -0.15) is 0 Å². The maximum atomic E-state index is 13.2. The molecular formula is C14H17BrFNO. The Balaban J connectivity index is 2.01. The van der Waals surface area contributed by atoms with Crippen LogP contribution in [0.25, 0.3) is 0 Å². The molecule has 0 amide bonds. The topological polar surface area (TPSA) is 29.1 Å². The van der Waals surface area contributed by atoms with Gasteiger partial charge in [0.1, 0.15) is 5.82 Å². The van der Waals surface area contributed by atoms with Crippen molar-refractivity contribution in [3.8, 4) is 0 Å². The molecule has 1 saturated heterocycles. The summed E-state index contributed by atoms with van der Waals surface area (Å²) < 4.78 is 13.9. The molecule has 1 unspecified atom stereocenters. The first-order valence-corrected chi connectivity index (χ1v) is 7.15. The molecule has 2 rings (SSSR count). The van der Waals surface area contributed by atoms with Gasteiger partial charge in [0.05, 0.1) is 6.04 Å². The lowest BCUT2D eigenvalue weighted by molar-refractivity contribution is -0.120. The van der Waals surface area contributed by atoms with E-state index < -0.39 is 0 Å². The lowest BCUT2D eigenvalue weighted by atomic mass is 10.0. The SMILES string of the molecule is O=C(Cc1cc(F)cc(Br)c1)C1CCCCCN1. The minimum absolute atomic E-state index is 0.0606. The van der Waals surface area contributed by atoms with E-state index in [9.17, 15) is 9.18 Å². The number of hydrogen-bond donors (Lipinski definition) is 1. The number of Topliss-reactive ketones (excluding diaryl/α,β-unsaturated/α-hetero) is 1. The molecule has 1 fully saturated rings. The Labute approximate surface area is 115 Å². The predicted octanol–water partition coefficient (Wildman–Crippen LogP) is 3.23. The Morgan fingerprint density at radius 2 is 2.17 bits per heavy atom. The molecule has 2 nitrogen and oxygen atoms in total. The number of ketones is 1. The Morgan fingerprint density at radius 3 is 2.94 bits per heavy atom. The molecule has 1 aromatic carbocycles. The molecule has 4 heteroatoms. The van der Waals surface area contributed by atoms with Crippen LogP contribution in [0.4, 0.5) is 4.39 Å². The van der Waals surface area contributed by atoms with E-state index in [1.165, 1.54) is 18.6 Å². The fourth-order valence-corrected chi connectivity index (χ4v) is 2.85. The van der Waals surface area contributed by atoms with E-state index in [0.717, 1.165) is 31.4 Å². The number of hydrogen-bond acceptors (Lipinski definition) is 2. The van der Waals surface area contributed by atoms with E-state index >= 15 is 0 Å². The summed E-state index contributed by atoms with van der Waals surface area (Å²) in [6.07, 6.45) is 4.61. The van der Waals surface area contributed by atoms with E-state index in [0.29, 0.717) is 10.9 Å². The molecule has 1 aliphatic heterocycles. The molecule has 1 aromatic rings. The van der Waals surface area contributed by atoms with Crippen molar-refractivity contribution in [3.05, 3.63) is 34.1 Å². The quantitative estimate of drug-likeness (QED) is 0.928. The molecule has 18 heavy (non-hydrogen) atoms. The fourth-order valence-electron chi connectivity index (χ4n) is 2.34. The van der Waals surface area contributed by atoms with Crippen LogP contribution in [0.3, 0.4) is 0 Å². The molecular weight excluding hydrogens is 297 g/mol. The summed E-state index contributed by atoms with van der Waals surface area (Å²) >= 11 is 3.24. The summed E-state index contributed by atoms with van der Waals surface area (Å²) in [4.78, 5) is 12.1. The van der Waals surface area contributed by atoms with Crippen LogP contribution in [-0.4, -0.2) is 18.4 Å². The van der Waals surface area contributed by atoms with Gasteiger partial charge in [-0.1, -0.05) is 28.8 Å². The summed E-state index contributed by atoms with van der Waals surface area (Å²) in [6, 6.07) is 4.57. The Kier molecular flexibility index (Phi) is 4.89. The lowest BCUT2D eigenvalue weighted by Gasteiger charge is -2.14. The highest BCUT2D eigenvalue weighted by Crippen LogP contribution is 2.17. The van der Waals surface area contributed by atoms with Gasteiger partial charge in [-0.05, 0) is 43.1 Å². The van der Waals surface area contributed by atoms with Gasteiger partial charge in [0.15, 0.2) is 5.78 Å². The zero-order valence-corrected chi connectivity index (χ0v) is 11.8. The van der Waals surface area contributed by atoms with E-state index in [1.807, 2.05) is 0 Å². The number of halogens is 2. The number of nitrogens with one attached hydrogen (secondary N) is 1. The van der Waals surface area contributed by atoms with Crippen LogP contribution in [-0.2, 0) is 11.2 Å². The molecule has 1 N–H and O–H groups in total. The molecule has 0 aromatic heterocycles. The molecule has 1 aliphatic rings. The van der Waals surface area contributed by atoms with E-state index in [-0.39, 0.29) is 17.6 Å². The summed E-state index contributed by atoms with van der Waals surface area (Å²) in [5.41, 5.74) is 0.734. The summed E-state index contributed by atoms with van der Waals surface area (Å²) in [6.45, 7) is 0.906. The van der Waals surface area contributed by atoms with Crippen molar-refractivity contribution in [3.63, 3.8) is 0 Å². The zero-order chi connectivity index (χ0) is 13.0. The van der Waals surface area contributed by atoms with Gasteiger partial charge >= 0.3 is 0 Å². The van der Waals surface area contributed by atoms with E-state index in [2.05, 4.69) is 21.2 Å². The maximum Gasteiger partial charge on any atom is 0.154 e. The highest BCUT2D eigenvalue weighted by atomic mass is 79.9. The standard InChI is InChI=1S/C14H17BrFNO/c15-11-6-10(7-12(16)9-11)8-14(18)13-4-2-1-3-5-17-13/h6-7,9,13,17H,1-5,8H2. The summed E-state index contributed by atoms with van der Waals surface area (Å²) in [5, 5.41) is 3.28. The van der Waals surface area contributed by atoms with Crippen LogP contribution in [0.5, 0.6) is 0 Å². The van der Waals surface area contributed by atoms with Gasteiger partial charge in [-0.3, -0.25) is 4.79 Å². The van der Waals surface area contributed by atoms with E-state index in [1.54, 1.807) is 6.07 Å². The molecule has 0 saturated carbocycles. The van der Waals surface area contributed by atoms with Gasteiger partial charge in [-0.25, -0.2) is 4.39 Å². The van der Waals surface area contributed by atoms with Gasteiger partial charge in [-0.15, -0.1) is 0 Å². The molecule has 0 bridgehead atoms. The van der Waals surface area contributed by atoms with Crippen molar-refractivity contribution in [1.82, 2.24) is 5.32 Å². The average molecular weight is 314 g/mol. The maximum absolute atomic E-state index is 13.2. The van der Waals surface area contributed by atoms with Crippen molar-refractivity contribution in [2.45, 2.75) is 38.1 Å². The van der Waals surface area contributed by atoms with Crippen molar-refractivity contribution < 1.29 is 9.18 Å². The predicted molar refractivity (Wildman–Crippen MR) is 73.1 cm³/mol. The minimum atomic E-state index is -0.305. The molecule has 1 heterocycles. The van der Waals surface area contributed by atoms with Crippen LogP contribution in [0.2, 0.25) is 0 Å². The van der Waals surface area contributed by atoms with Gasteiger partial charge in [0.25, 0.3) is 0 Å². The first-order valence-electron chi connectivity index (χ1n) is 6.36. The summed E-state index contributed by atoms with van der Waals surface area (Å²) in [5.74, 6) is -0.143. The second-order valence-electron chi connectivity index (χ2n) is 4.78. The van der Waals surface area contributed by atoms with Crippen molar-refractivity contribution >= 4 is 21.7 Å². The van der Waals surface area contributed by atoms with Gasteiger partial charge < -0.3 is 5.32 Å². The first-order chi connectivity index (χ1) is 8.65. The Morgan fingerprint density at radius 1 is 1.33 bits per heavy atom. The van der Waals surface area contributed by atoms with Crippen LogP contribution in [0.1, 0.15) is 31.2 Å². The zero-order valence-electron chi connectivity index (χ0n) is 10.2. The second-order valence-corrected chi connectivity index (χ2v) is 5.69. The number of benzene rings is 1. The minimum Gasteiger partial charge on any atom is -0.307 e. The molecule has 0 aliphatic carbocycles. The van der Waals surface area contributed by atoms with Crippen LogP contribution in [0, 0.1) is 5.82 Å². The molecule has 0 radical (unpaired) electrons. The Bertz CT molecular complexity index is 408. The van der Waals surface area contributed by atoms with Crippen molar-refractivity contribution in [1.29, 1.82) is 0 Å². The van der Waals surface area contributed by atoms with Crippen LogP contribution < -0.4 is 5.32 Å². The third-order valence-corrected chi connectivity index (χ3v) is 3.71. The fraction of sp³-hybridized carbons (Fsp3) is 0.500. The number of carbonyl (C=O) groups is 1. The van der Waals surface area contributed by atoms with Gasteiger partial charge in [0.2, 0.25) is 0 Å².